The maximum Gasteiger partial charge on any atom is 0.254 e. The normalized spacial score (nSPS) is 20.3. The Bertz CT molecular complexity index is 659. The molecule has 1 aliphatic rings. The van der Waals surface area contributed by atoms with Crippen LogP contribution in [0.2, 0.25) is 0 Å². The van der Waals surface area contributed by atoms with Gasteiger partial charge in [0.05, 0.1) is 12.7 Å². The van der Waals surface area contributed by atoms with E-state index in [4.69, 9.17) is 5.11 Å². The minimum atomic E-state index is -0.616. The first-order valence-corrected chi connectivity index (χ1v) is 7.27. The summed E-state index contributed by atoms with van der Waals surface area (Å²) in [7, 11) is 0. The Morgan fingerprint density at radius 1 is 1.36 bits per heavy atom. The van der Waals surface area contributed by atoms with Gasteiger partial charge in [0, 0.05) is 44.5 Å². The van der Waals surface area contributed by atoms with Crippen LogP contribution in [0.1, 0.15) is 10.4 Å². The average Bonchev–Trinajstić information content (AvgIpc) is 2.90. The molecular formula is C14H19N5O3. The third-order valence-electron chi connectivity index (χ3n) is 3.84. The molecule has 2 aromatic rings. The molecule has 8 nitrogen and oxygen atoms in total. The molecule has 0 aromatic carbocycles. The Labute approximate surface area is 127 Å². The number of nitrogens with zero attached hydrogens (tertiary/aromatic N) is 5. The van der Waals surface area contributed by atoms with Crippen molar-refractivity contribution in [1.82, 2.24) is 24.4 Å². The van der Waals surface area contributed by atoms with Gasteiger partial charge in [0.25, 0.3) is 5.91 Å². The number of hydrogen-bond donors (Lipinski definition) is 2. The van der Waals surface area contributed by atoms with E-state index in [0.29, 0.717) is 43.9 Å². The Kier molecular flexibility index (Phi) is 4.32. The molecule has 1 amide bonds. The number of fused-ring (bicyclic) bond motifs is 1. The minimum absolute atomic E-state index is 0.0458. The lowest BCUT2D eigenvalue weighted by Gasteiger charge is -2.21. The lowest BCUT2D eigenvalue weighted by Crippen LogP contribution is -2.37. The molecule has 0 aliphatic carbocycles. The van der Waals surface area contributed by atoms with Gasteiger partial charge in [-0.1, -0.05) is 0 Å². The summed E-state index contributed by atoms with van der Waals surface area (Å²) < 4.78 is 1.73. The molecule has 3 rings (SSSR count). The van der Waals surface area contributed by atoms with Gasteiger partial charge in [-0.05, 0) is 12.1 Å². The number of aromatic nitrogens is 3. The fourth-order valence-corrected chi connectivity index (χ4v) is 2.72. The lowest BCUT2D eigenvalue weighted by atomic mass is 10.2. The van der Waals surface area contributed by atoms with Crippen molar-refractivity contribution in [2.24, 2.45) is 0 Å². The molecular weight excluding hydrogens is 286 g/mol. The summed E-state index contributed by atoms with van der Waals surface area (Å²) in [4.78, 5) is 16.2. The monoisotopic (exact) mass is 305 g/mol. The van der Waals surface area contributed by atoms with Gasteiger partial charge in [-0.15, -0.1) is 10.2 Å². The summed E-state index contributed by atoms with van der Waals surface area (Å²) in [6.07, 6.45) is 2.70. The van der Waals surface area contributed by atoms with Gasteiger partial charge in [-0.25, -0.2) is 0 Å². The van der Waals surface area contributed by atoms with E-state index in [-0.39, 0.29) is 12.5 Å². The molecule has 0 radical (unpaired) electrons. The second-order valence-corrected chi connectivity index (χ2v) is 5.44. The van der Waals surface area contributed by atoms with Crippen molar-refractivity contribution in [1.29, 1.82) is 0 Å². The van der Waals surface area contributed by atoms with Crippen LogP contribution in [0.15, 0.2) is 24.7 Å². The van der Waals surface area contributed by atoms with Gasteiger partial charge in [0.2, 0.25) is 0 Å². The van der Waals surface area contributed by atoms with Gasteiger partial charge in [-0.3, -0.25) is 14.1 Å². The fraction of sp³-hybridized carbons (Fsp3) is 0.500. The van der Waals surface area contributed by atoms with Crippen LogP contribution >= 0.6 is 0 Å². The third-order valence-corrected chi connectivity index (χ3v) is 3.84. The number of aliphatic hydroxyl groups excluding tert-OH is 2. The SMILES string of the molecule is O=C(c1ccn2cnnc2c1)N1CCN(CCO)C[C@H](O)C1. The topological polar surface area (TPSA) is 94.2 Å². The van der Waals surface area contributed by atoms with E-state index in [1.807, 2.05) is 4.90 Å². The second kappa shape index (κ2) is 6.39. The molecule has 2 N–H and O–H groups in total. The zero-order chi connectivity index (χ0) is 15.5. The summed E-state index contributed by atoms with van der Waals surface area (Å²) in [5, 5.41) is 26.8. The minimum Gasteiger partial charge on any atom is -0.395 e. The molecule has 0 saturated carbocycles. The Morgan fingerprint density at radius 2 is 2.23 bits per heavy atom. The van der Waals surface area contributed by atoms with Crippen molar-refractivity contribution in [2.45, 2.75) is 6.10 Å². The molecule has 0 bridgehead atoms. The molecule has 1 saturated heterocycles. The van der Waals surface area contributed by atoms with Crippen LogP contribution in [-0.4, -0.2) is 86.0 Å². The van der Waals surface area contributed by atoms with Gasteiger partial charge >= 0.3 is 0 Å². The van der Waals surface area contributed by atoms with Gasteiger partial charge < -0.3 is 15.1 Å². The van der Waals surface area contributed by atoms with Crippen LogP contribution in [0, 0.1) is 0 Å². The van der Waals surface area contributed by atoms with Crippen molar-refractivity contribution in [3.05, 3.63) is 30.2 Å². The predicted molar refractivity (Wildman–Crippen MR) is 78.4 cm³/mol. The Morgan fingerprint density at radius 3 is 3.05 bits per heavy atom. The zero-order valence-electron chi connectivity index (χ0n) is 12.2. The lowest BCUT2D eigenvalue weighted by molar-refractivity contribution is 0.0661. The van der Waals surface area contributed by atoms with E-state index in [2.05, 4.69) is 10.2 Å². The fourth-order valence-electron chi connectivity index (χ4n) is 2.72. The summed E-state index contributed by atoms with van der Waals surface area (Å²) in [6.45, 7) is 2.46. The van der Waals surface area contributed by atoms with Crippen LogP contribution in [0.3, 0.4) is 0 Å². The first-order chi connectivity index (χ1) is 10.7. The summed E-state index contributed by atoms with van der Waals surface area (Å²) in [6, 6.07) is 3.42. The molecule has 118 valence electrons. The van der Waals surface area contributed by atoms with Crippen LogP contribution in [0.25, 0.3) is 5.65 Å². The first kappa shape index (κ1) is 14.9. The highest BCUT2D eigenvalue weighted by Gasteiger charge is 2.25. The number of β-amino-alcohol motifs (C(OH)–C–C–N with tert-alkyl or cyclic N) is 2. The highest BCUT2D eigenvalue weighted by Crippen LogP contribution is 2.11. The Balaban J connectivity index is 1.75. The summed E-state index contributed by atoms with van der Waals surface area (Å²) in [5.41, 5.74) is 1.14. The van der Waals surface area contributed by atoms with E-state index in [9.17, 15) is 9.90 Å². The van der Waals surface area contributed by atoms with Gasteiger partial charge in [-0.2, -0.15) is 0 Å². The summed E-state index contributed by atoms with van der Waals surface area (Å²) in [5.74, 6) is -0.129. The molecule has 8 heteroatoms. The molecule has 0 spiro atoms. The second-order valence-electron chi connectivity index (χ2n) is 5.44. The van der Waals surface area contributed by atoms with Gasteiger partial charge in [0.1, 0.15) is 6.33 Å². The quantitative estimate of drug-likeness (QED) is 0.743. The smallest absolute Gasteiger partial charge is 0.254 e. The zero-order valence-corrected chi connectivity index (χ0v) is 12.2. The molecule has 0 unspecified atom stereocenters. The molecule has 2 aromatic heterocycles. The molecule has 1 atom stereocenters. The molecule has 1 aliphatic heterocycles. The number of pyridine rings is 1. The van der Waals surface area contributed by atoms with Crippen molar-refractivity contribution in [3.63, 3.8) is 0 Å². The van der Waals surface area contributed by atoms with Crippen LogP contribution < -0.4 is 0 Å². The predicted octanol–water partition coefficient (Wildman–Crippen LogP) is -1.16. The van der Waals surface area contributed by atoms with E-state index >= 15 is 0 Å². The molecule has 3 heterocycles. The number of amides is 1. The van der Waals surface area contributed by atoms with Gasteiger partial charge in [0.15, 0.2) is 5.65 Å². The third kappa shape index (κ3) is 3.08. The highest BCUT2D eigenvalue weighted by molar-refractivity contribution is 5.95. The molecule has 22 heavy (non-hydrogen) atoms. The van der Waals surface area contributed by atoms with Crippen molar-refractivity contribution in [2.75, 3.05) is 39.3 Å². The van der Waals surface area contributed by atoms with E-state index in [0.717, 1.165) is 0 Å². The van der Waals surface area contributed by atoms with Crippen LogP contribution in [-0.2, 0) is 0 Å². The number of carbonyl (C=O) groups excluding carboxylic acids is 1. The van der Waals surface area contributed by atoms with Crippen molar-refractivity contribution >= 4 is 11.6 Å². The maximum atomic E-state index is 12.6. The van der Waals surface area contributed by atoms with Crippen molar-refractivity contribution < 1.29 is 15.0 Å². The van der Waals surface area contributed by atoms with E-state index in [1.54, 1.807) is 34.0 Å². The Hall–Kier alpha value is -2.03. The van der Waals surface area contributed by atoms with Crippen molar-refractivity contribution in [3.8, 4) is 0 Å². The maximum absolute atomic E-state index is 12.6. The summed E-state index contributed by atoms with van der Waals surface area (Å²) >= 11 is 0. The van der Waals surface area contributed by atoms with Crippen LogP contribution in [0.5, 0.6) is 0 Å². The average molecular weight is 305 g/mol. The largest absolute Gasteiger partial charge is 0.395 e. The molecule has 1 fully saturated rings. The standard InChI is InChI=1S/C14H19N5O3/c20-6-5-17-3-4-18(9-12(21)8-17)14(22)11-1-2-19-10-15-16-13(19)7-11/h1-2,7,10,12,20-21H,3-6,8-9H2/t12-/m0/s1. The highest BCUT2D eigenvalue weighted by atomic mass is 16.3. The number of hydrogen-bond acceptors (Lipinski definition) is 6. The number of aliphatic hydroxyl groups is 2. The first-order valence-electron chi connectivity index (χ1n) is 7.27. The van der Waals surface area contributed by atoms with E-state index < -0.39 is 6.10 Å². The van der Waals surface area contributed by atoms with E-state index in [1.165, 1.54) is 0 Å². The number of rotatable bonds is 3. The van der Waals surface area contributed by atoms with Crippen LogP contribution in [0.4, 0.5) is 0 Å². The number of carbonyl (C=O) groups is 1.